The second-order valence-electron chi connectivity index (χ2n) is 5.29. The number of benzene rings is 1. The van der Waals surface area contributed by atoms with Gasteiger partial charge in [0.25, 0.3) is 0 Å². The number of hydrogen-bond acceptors (Lipinski definition) is 4. The molecule has 0 saturated carbocycles. The summed E-state index contributed by atoms with van der Waals surface area (Å²) in [5, 5.41) is 10.9. The number of aliphatic hydroxyl groups excluding tert-OH is 1. The van der Waals surface area contributed by atoms with E-state index in [0.29, 0.717) is 5.02 Å². The van der Waals surface area contributed by atoms with Gasteiger partial charge in [0.05, 0.1) is 17.8 Å². The van der Waals surface area contributed by atoms with E-state index < -0.39 is 0 Å². The molecule has 0 spiro atoms. The van der Waals surface area contributed by atoms with Crippen LogP contribution in [-0.4, -0.2) is 48.2 Å². The highest BCUT2D eigenvalue weighted by atomic mass is 35.5. The summed E-state index contributed by atoms with van der Waals surface area (Å²) in [6.07, 6.45) is 1.73. The zero-order chi connectivity index (χ0) is 14.1. The molecule has 0 unspecified atom stereocenters. The van der Waals surface area contributed by atoms with Crippen LogP contribution >= 0.6 is 11.6 Å². The first-order chi connectivity index (χ1) is 9.67. The Bertz CT molecular complexity index is 624. The van der Waals surface area contributed by atoms with Crippen LogP contribution in [0.2, 0.25) is 5.02 Å². The first kappa shape index (κ1) is 13.6. The van der Waals surface area contributed by atoms with Gasteiger partial charge in [0, 0.05) is 42.8 Å². The van der Waals surface area contributed by atoms with Crippen molar-refractivity contribution >= 4 is 28.2 Å². The van der Waals surface area contributed by atoms with Gasteiger partial charge in [-0.05, 0) is 30.8 Å². The van der Waals surface area contributed by atoms with Gasteiger partial charge in [-0.15, -0.1) is 0 Å². The third-order valence-corrected chi connectivity index (χ3v) is 4.03. The summed E-state index contributed by atoms with van der Waals surface area (Å²) < 4.78 is 0. The van der Waals surface area contributed by atoms with Gasteiger partial charge in [-0.1, -0.05) is 11.6 Å². The van der Waals surface area contributed by atoms with Crippen LogP contribution in [-0.2, 0) is 6.61 Å². The van der Waals surface area contributed by atoms with E-state index in [0.717, 1.165) is 48.3 Å². The number of likely N-dealkylation sites (N-methyl/N-ethyl adjacent to an activating group) is 1. The number of aromatic nitrogens is 1. The molecule has 1 saturated heterocycles. The number of pyridine rings is 1. The fourth-order valence-electron chi connectivity index (χ4n) is 2.62. The lowest BCUT2D eigenvalue weighted by Gasteiger charge is -2.34. The second kappa shape index (κ2) is 5.56. The Morgan fingerprint density at radius 2 is 1.95 bits per heavy atom. The zero-order valence-electron chi connectivity index (χ0n) is 11.5. The average Bonchev–Trinajstić information content (AvgIpc) is 2.46. The Morgan fingerprint density at radius 1 is 1.20 bits per heavy atom. The van der Waals surface area contributed by atoms with Gasteiger partial charge >= 0.3 is 0 Å². The van der Waals surface area contributed by atoms with Crippen molar-refractivity contribution in [3.63, 3.8) is 0 Å². The van der Waals surface area contributed by atoms with Crippen LogP contribution in [0.1, 0.15) is 5.56 Å². The Kier molecular flexibility index (Phi) is 3.78. The van der Waals surface area contributed by atoms with Crippen LogP contribution in [0.4, 0.5) is 5.69 Å². The van der Waals surface area contributed by atoms with E-state index in [-0.39, 0.29) is 6.61 Å². The van der Waals surface area contributed by atoms with Gasteiger partial charge in [-0.3, -0.25) is 4.98 Å². The number of fused-ring (bicyclic) bond motifs is 1. The molecule has 1 aliphatic heterocycles. The summed E-state index contributed by atoms with van der Waals surface area (Å²) >= 11 is 6.24. The predicted octanol–water partition coefficient (Wildman–Crippen LogP) is 2.13. The molecule has 106 valence electrons. The topological polar surface area (TPSA) is 39.6 Å². The third kappa shape index (κ3) is 2.59. The molecule has 1 N–H and O–H groups in total. The summed E-state index contributed by atoms with van der Waals surface area (Å²) in [6.45, 7) is 4.05. The lowest BCUT2D eigenvalue weighted by Crippen LogP contribution is -2.44. The number of rotatable bonds is 2. The lowest BCUT2D eigenvalue weighted by atomic mass is 10.1. The Balaban J connectivity index is 2.05. The van der Waals surface area contributed by atoms with Crippen molar-refractivity contribution in [2.75, 3.05) is 38.1 Å². The molecule has 0 atom stereocenters. The first-order valence-corrected chi connectivity index (χ1v) is 7.17. The number of hydrogen-bond donors (Lipinski definition) is 1. The van der Waals surface area contributed by atoms with E-state index in [2.05, 4.69) is 21.8 Å². The number of anilines is 1. The van der Waals surface area contributed by atoms with Crippen LogP contribution in [0, 0.1) is 0 Å². The summed E-state index contributed by atoms with van der Waals surface area (Å²) in [6, 6.07) is 5.84. The van der Waals surface area contributed by atoms with Crippen molar-refractivity contribution in [3.05, 3.63) is 35.0 Å². The van der Waals surface area contributed by atoms with Gasteiger partial charge in [0.2, 0.25) is 0 Å². The summed E-state index contributed by atoms with van der Waals surface area (Å²) in [5.74, 6) is 0. The normalized spacial score (nSPS) is 16.9. The maximum absolute atomic E-state index is 9.22. The monoisotopic (exact) mass is 291 g/mol. The second-order valence-corrected chi connectivity index (χ2v) is 5.73. The van der Waals surface area contributed by atoms with Crippen molar-refractivity contribution in [2.45, 2.75) is 6.61 Å². The van der Waals surface area contributed by atoms with E-state index in [9.17, 15) is 5.11 Å². The molecule has 0 radical (unpaired) electrons. The Morgan fingerprint density at radius 3 is 2.65 bits per heavy atom. The van der Waals surface area contributed by atoms with Crippen LogP contribution in [0.15, 0.2) is 24.4 Å². The maximum atomic E-state index is 9.22. The molecule has 2 heterocycles. The van der Waals surface area contributed by atoms with Crippen molar-refractivity contribution in [1.29, 1.82) is 0 Å². The molecule has 2 aromatic rings. The molecule has 0 bridgehead atoms. The number of piperazine rings is 1. The minimum absolute atomic E-state index is 0.000699. The molecule has 1 aromatic heterocycles. The van der Waals surface area contributed by atoms with E-state index in [1.807, 2.05) is 18.2 Å². The fourth-order valence-corrected chi connectivity index (χ4v) is 2.84. The first-order valence-electron chi connectivity index (χ1n) is 6.80. The van der Waals surface area contributed by atoms with E-state index in [4.69, 9.17) is 11.6 Å². The van der Waals surface area contributed by atoms with Crippen molar-refractivity contribution in [1.82, 2.24) is 9.88 Å². The summed E-state index contributed by atoms with van der Waals surface area (Å²) in [4.78, 5) is 9.17. The van der Waals surface area contributed by atoms with E-state index in [1.54, 1.807) is 6.20 Å². The van der Waals surface area contributed by atoms with Crippen LogP contribution in [0.5, 0.6) is 0 Å². The standard InChI is InChI=1S/C15H18ClN3O/c1-18-2-4-19(5-3-18)14-8-13(16)7-12-6-11(10-20)9-17-15(12)14/h6-9,20H,2-5,10H2,1H3. The SMILES string of the molecule is CN1CCN(c2cc(Cl)cc3cc(CO)cnc23)CC1. The van der Waals surface area contributed by atoms with Crippen molar-refractivity contribution in [3.8, 4) is 0 Å². The van der Waals surface area contributed by atoms with Gasteiger partial charge in [0.15, 0.2) is 0 Å². The van der Waals surface area contributed by atoms with E-state index in [1.165, 1.54) is 0 Å². The minimum Gasteiger partial charge on any atom is -0.392 e. The van der Waals surface area contributed by atoms with Crippen LogP contribution < -0.4 is 4.90 Å². The summed E-state index contributed by atoms with van der Waals surface area (Å²) in [5.41, 5.74) is 2.85. The third-order valence-electron chi connectivity index (χ3n) is 3.81. The highest BCUT2D eigenvalue weighted by Crippen LogP contribution is 2.30. The van der Waals surface area contributed by atoms with Gasteiger partial charge in [-0.25, -0.2) is 0 Å². The smallest absolute Gasteiger partial charge is 0.0936 e. The number of nitrogens with zero attached hydrogens (tertiary/aromatic N) is 3. The minimum atomic E-state index is -0.000699. The molecule has 20 heavy (non-hydrogen) atoms. The fraction of sp³-hybridized carbons (Fsp3) is 0.400. The quantitative estimate of drug-likeness (QED) is 0.920. The highest BCUT2D eigenvalue weighted by molar-refractivity contribution is 6.31. The molecular weight excluding hydrogens is 274 g/mol. The van der Waals surface area contributed by atoms with Crippen LogP contribution in [0.3, 0.4) is 0 Å². The maximum Gasteiger partial charge on any atom is 0.0936 e. The zero-order valence-corrected chi connectivity index (χ0v) is 12.3. The molecule has 3 rings (SSSR count). The van der Waals surface area contributed by atoms with Gasteiger partial charge in [-0.2, -0.15) is 0 Å². The summed E-state index contributed by atoms with van der Waals surface area (Å²) in [7, 11) is 2.14. The Hall–Kier alpha value is -1.36. The molecule has 0 amide bonds. The largest absolute Gasteiger partial charge is 0.392 e. The molecule has 0 aliphatic carbocycles. The van der Waals surface area contributed by atoms with Crippen molar-refractivity contribution < 1.29 is 5.11 Å². The molecular formula is C15H18ClN3O. The molecule has 1 aliphatic rings. The van der Waals surface area contributed by atoms with E-state index >= 15 is 0 Å². The molecule has 5 heteroatoms. The number of aliphatic hydroxyl groups is 1. The van der Waals surface area contributed by atoms with Crippen LogP contribution in [0.25, 0.3) is 10.9 Å². The molecule has 1 fully saturated rings. The van der Waals surface area contributed by atoms with Crippen molar-refractivity contribution in [2.24, 2.45) is 0 Å². The highest BCUT2D eigenvalue weighted by Gasteiger charge is 2.17. The predicted molar refractivity (Wildman–Crippen MR) is 82.4 cm³/mol. The average molecular weight is 292 g/mol. The molecule has 4 nitrogen and oxygen atoms in total. The van der Waals surface area contributed by atoms with Gasteiger partial charge in [0.1, 0.15) is 0 Å². The van der Waals surface area contributed by atoms with Gasteiger partial charge < -0.3 is 14.9 Å². The molecule has 1 aromatic carbocycles. The Labute approximate surface area is 123 Å². The number of halogens is 1. The lowest BCUT2D eigenvalue weighted by molar-refractivity contribution is 0.281.